The van der Waals surface area contributed by atoms with Crippen molar-refractivity contribution in [3.63, 3.8) is 0 Å². The molecule has 1 fully saturated rings. The first-order chi connectivity index (χ1) is 17.3. The van der Waals surface area contributed by atoms with Crippen molar-refractivity contribution in [1.82, 2.24) is 14.7 Å². The van der Waals surface area contributed by atoms with E-state index in [9.17, 15) is 9.59 Å². The largest absolute Gasteiger partial charge is 0.338 e. The first kappa shape index (κ1) is 25.3. The second-order valence-corrected chi connectivity index (χ2v) is 11.5. The van der Waals surface area contributed by atoms with E-state index in [-0.39, 0.29) is 23.9 Å². The third-order valence-electron chi connectivity index (χ3n) is 7.20. The Hall–Kier alpha value is -2.38. The van der Waals surface area contributed by atoms with Gasteiger partial charge in [0.05, 0.1) is 22.6 Å². The maximum absolute atomic E-state index is 13.5. The predicted molar refractivity (Wildman–Crippen MR) is 146 cm³/mol. The van der Waals surface area contributed by atoms with Crippen LogP contribution in [0, 0.1) is 6.92 Å². The van der Waals surface area contributed by atoms with E-state index in [0.29, 0.717) is 41.8 Å². The van der Waals surface area contributed by atoms with Gasteiger partial charge < -0.3 is 9.80 Å². The second-order valence-electron chi connectivity index (χ2n) is 9.65. The molecule has 0 N–H and O–H groups in total. The third-order valence-corrected chi connectivity index (χ3v) is 8.94. The number of nitrogens with zero attached hydrogens (tertiary/aromatic N) is 3. The lowest BCUT2D eigenvalue weighted by molar-refractivity contribution is -0.135. The lowest BCUT2D eigenvalue weighted by Crippen LogP contribution is -2.57. The molecule has 36 heavy (non-hydrogen) atoms. The van der Waals surface area contributed by atoms with E-state index >= 15 is 0 Å². The highest BCUT2D eigenvalue weighted by Gasteiger charge is 2.34. The molecule has 0 saturated carbocycles. The number of fused-ring (bicyclic) bond motifs is 1. The van der Waals surface area contributed by atoms with Crippen LogP contribution in [-0.4, -0.2) is 65.3 Å². The normalized spacial score (nSPS) is 20.3. The number of amides is 2. The SMILES string of the molecule is Cc1ccc([C@@H]2c3ccsc3CCN2CC(=O)N2CCN(C(=O)c3ccc(Cl)c(Cl)c3)[C@H](C)C2)cc1. The van der Waals surface area contributed by atoms with Crippen LogP contribution in [-0.2, 0) is 11.2 Å². The number of aryl methyl sites for hydroxylation is 1. The van der Waals surface area contributed by atoms with Crippen molar-refractivity contribution < 1.29 is 9.59 Å². The van der Waals surface area contributed by atoms with Gasteiger partial charge in [-0.2, -0.15) is 0 Å². The molecule has 2 aromatic carbocycles. The van der Waals surface area contributed by atoms with Gasteiger partial charge in [-0.25, -0.2) is 0 Å². The summed E-state index contributed by atoms with van der Waals surface area (Å²) >= 11 is 13.9. The minimum Gasteiger partial charge on any atom is -0.338 e. The standard InChI is InChI=1S/C28H29Cl2N3O2S/c1-18-3-5-20(6-4-18)27-22-10-14-36-25(22)9-11-32(27)17-26(34)31-12-13-33(19(2)16-31)28(35)21-7-8-23(29)24(30)15-21/h3-8,10,14-15,19,27H,9,11-13,16-17H2,1-2H3/t19-,27-/m1/s1. The van der Waals surface area contributed by atoms with Crippen molar-refractivity contribution in [3.8, 4) is 0 Å². The summed E-state index contributed by atoms with van der Waals surface area (Å²) in [7, 11) is 0. The Morgan fingerprint density at radius 3 is 2.50 bits per heavy atom. The summed E-state index contributed by atoms with van der Waals surface area (Å²) in [5.74, 6) is 0.0212. The second kappa shape index (κ2) is 10.5. The van der Waals surface area contributed by atoms with Crippen LogP contribution in [0.15, 0.2) is 53.9 Å². The Labute approximate surface area is 226 Å². The third kappa shape index (κ3) is 5.05. The molecule has 2 atom stereocenters. The van der Waals surface area contributed by atoms with Gasteiger partial charge in [0.25, 0.3) is 5.91 Å². The smallest absolute Gasteiger partial charge is 0.254 e. The topological polar surface area (TPSA) is 43.9 Å². The van der Waals surface area contributed by atoms with Crippen LogP contribution in [0.1, 0.15) is 44.9 Å². The molecule has 0 radical (unpaired) electrons. The van der Waals surface area contributed by atoms with E-state index in [1.807, 2.05) is 16.7 Å². The fourth-order valence-electron chi connectivity index (χ4n) is 5.23. The Morgan fingerprint density at radius 1 is 1.00 bits per heavy atom. The number of halogens is 2. The first-order valence-corrected chi connectivity index (χ1v) is 13.9. The van der Waals surface area contributed by atoms with E-state index in [4.69, 9.17) is 23.2 Å². The molecule has 0 aliphatic carbocycles. The number of hydrogen-bond donors (Lipinski definition) is 0. The molecule has 3 aromatic rings. The van der Waals surface area contributed by atoms with Crippen molar-refractivity contribution in [2.24, 2.45) is 0 Å². The molecule has 5 nitrogen and oxygen atoms in total. The van der Waals surface area contributed by atoms with Gasteiger partial charge in [-0.3, -0.25) is 14.5 Å². The summed E-state index contributed by atoms with van der Waals surface area (Å²) in [6, 6.07) is 15.8. The average Bonchev–Trinajstić information content (AvgIpc) is 3.35. The average molecular weight is 543 g/mol. The van der Waals surface area contributed by atoms with Crippen LogP contribution in [0.25, 0.3) is 0 Å². The Balaban J connectivity index is 1.27. The van der Waals surface area contributed by atoms with E-state index < -0.39 is 0 Å². The van der Waals surface area contributed by atoms with E-state index in [2.05, 4.69) is 47.5 Å². The number of rotatable bonds is 4. The number of thiophene rings is 1. The molecule has 8 heteroatoms. The molecule has 1 aromatic heterocycles. The monoisotopic (exact) mass is 541 g/mol. The number of carbonyl (C=O) groups excluding carboxylic acids is 2. The van der Waals surface area contributed by atoms with Crippen LogP contribution in [0.4, 0.5) is 0 Å². The quantitative estimate of drug-likeness (QED) is 0.426. The van der Waals surface area contributed by atoms with Crippen molar-refractivity contribution in [2.75, 3.05) is 32.7 Å². The van der Waals surface area contributed by atoms with Gasteiger partial charge in [0.2, 0.25) is 5.91 Å². The van der Waals surface area contributed by atoms with Crippen LogP contribution < -0.4 is 0 Å². The molecular weight excluding hydrogens is 513 g/mol. The van der Waals surface area contributed by atoms with Gasteiger partial charge in [0, 0.05) is 42.7 Å². The van der Waals surface area contributed by atoms with Gasteiger partial charge in [-0.05, 0) is 61.0 Å². The summed E-state index contributed by atoms with van der Waals surface area (Å²) in [5.41, 5.74) is 4.27. The van der Waals surface area contributed by atoms with Gasteiger partial charge in [0.15, 0.2) is 0 Å². The molecule has 0 bridgehead atoms. The molecule has 0 unspecified atom stereocenters. The summed E-state index contributed by atoms with van der Waals surface area (Å²) in [6.45, 7) is 6.81. The molecule has 0 spiro atoms. The molecule has 3 heterocycles. The lowest BCUT2D eigenvalue weighted by Gasteiger charge is -2.42. The van der Waals surface area contributed by atoms with E-state index in [0.717, 1.165) is 13.0 Å². The van der Waals surface area contributed by atoms with Gasteiger partial charge >= 0.3 is 0 Å². The van der Waals surface area contributed by atoms with Crippen LogP contribution in [0.5, 0.6) is 0 Å². The Bertz CT molecular complexity index is 1280. The zero-order valence-corrected chi connectivity index (χ0v) is 22.7. The maximum Gasteiger partial charge on any atom is 0.254 e. The zero-order chi connectivity index (χ0) is 25.4. The molecule has 188 valence electrons. The van der Waals surface area contributed by atoms with Crippen molar-refractivity contribution >= 4 is 46.4 Å². The van der Waals surface area contributed by atoms with Gasteiger partial charge in [-0.1, -0.05) is 53.0 Å². The number of carbonyl (C=O) groups is 2. The van der Waals surface area contributed by atoms with Crippen LogP contribution in [0.3, 0.4) is 0 Å². The lowest BCUT2D eigenvalue weighted by atomic mass is 9.92. The Morgan fingerprint density at radius 2 is 1.78 bits per heavy atom. The Kier molecular flexibility index (Phi) is 7.40. The minimum absolute atomic E-state index is 0.0829. The van der Waals surface area contributed by atoms with Crippen LogP contribution in [0.2, 0.25) is 10.0 Å². The van der Waals surface area contributed by atoms with Gasteiger partial charge in [0.1, 0.15) is 0 Å². The minimum atomic E-state index is -0.0950. The number of piperazine rings is 1. The van der Waals surface area contributed by atoms with Crippen molar-refractivity contribution in [1.29, 1.82) is 0 Å². The van der Waals surface area contributed by atoms with Crippen molar-refractivity contribution in [2.45, 2.75) is 32.4 Å². The number of hydrogen-bond acceptors (Lipinski definition) is 4. The molecule has 1 saturated heterocycles. The molecule has 2 amide bonds. The fraction of sp³-hybridized carbons (Fsp3) is 0.357. The molecular formula is C28H29Cl2N3O2S. The van der Waals surface area contributed by atoms with Crippen molar-refractivity contribution in [3.05, 3.63) is 91.1 Å². The summed E-state index contributed by atoms with van der Waals surface area (Å²) < 4.78 is 0. The van der Waals surface area contributed by atoms with Crippen LogP contribution >= 0.6 is 34.5 Å². The summed E-state index contributed by atoms with van der Waals surface area (Å²) in [6.07, 6.45) is 0.963. The first-order valence-electron chi connectivity index (χ1n) is 12.2. The number of benzene rings is 2. The molecule has 5 rings (SSSR count). The van der Waals surface area contributed by atoms with E-state index in [1.54, 1.807) is 29.5 Å². The van der Waals surface area contributed by atoms with Gasteiger partial charge in [-0.15, -0.1) is 11.3 Å². The summed E-state index contributed by atoms with van der Waals surface area (Å²) in [4.78, 5) is 34.0. The predicted octanol–water partition coefficient (Wildman–Crippen LogP) is 5.68. The molecule has 2 aliphatic heterocycles. The van der Waals surface area contributed by atoms with E-state index in [1.165, 1.54) is 21.6 Å². The zero-order valence-electron chi connectivity index (χ0n) is 20.4. The highest BCUT2D eigenvalue weighted by molar-refractivity contribution is 7.10. The highest BCUT2D eigenvalue weighted by atomic mass is 35.5. The summed E-state index contributed by atoms with van der Waals surface area (Å²) in [5, 5.41) is 2.94. The highest BCUT2D eigenvalue weighted by Crippen LogP contribution is 2.37. The fourth-order valence-corrected chi connectivity index (χ4v) is 6.43. The maximum atomic E-state index is 13.5. The molecule has 2 aliphatic rings.